The van der Waals surface area contributed by atoms with Gasteiger partial charge in [-0.25, -0.2) is 9.50 Å². The smallest absolute Gasteiger partial charge is 0.309 e. The minimum atomic E-state index is -0.818. The SMILES string of the molecule is COc1nc(-c2cccc(-c3cccc(-c4cc5c(=O)n(C)c(CN6CC(C(=O)O)C6C)nn5c4)c3Cl)c2Cl)ccc1CNC[C@@H]1CCC(=O)N1. The highest BCUT2D eigenvalue weighted by atomic mass is 35.5. The number of benzene rings is 2. The highest BCUT2D eigenvalue weighted by Gasteiger charge is 2.40. The van der Waals surface area contributed by atoms with Crippen LogP contribution in [0.15, 0.2) is 65.6 Å². The zero-order valence-corrected chi connectivity index (χ0v) is 29.8. The molecule has 3 atom stereocenters. The van der Waals surface area contributed by atoms with E-state index in [0.717, 1.165) is 17.5 Å². The molecule has 2 fully saturated rings. The van der Waals surface area contributed by atoms with Gasteiger partial charge in [-0.15, -0.1) is 0 Å². The number of aliphatic carboxylic acids is 1. The van der Waals surface area contributed by atoms with E-state index in [4.69, 9.17) is 38.0 Å². The number of fused-ring (bicyclic) bond motifs is 1. The molecule has 264 valence electrons. The predicted molar refractivity (Wildman–Crippen MR) is 195 cm³/mol. The van der Waals surface area contributed by atoms with E-state index in [0.29, 0.717) is 87.8 Å². The molecule has 0 bridgehead atoms. The molecule has 0 radical (unpaired) electrons. The first kappa shape index (κ1) is 34.7. The first-order valence-corrected chi connectivity index (χ1v) is 17.5. The number of ether oxygens (including phenoxy) is 1. The van der Waals surface area contributed by atoms with Crippen molar-refractivity contribution in [2.24, 2.45) is 13.0 Å². The van der Waals surface area contributed by atoms with Gasteiger partial charge < -0.3 is 20.5 Å². The summed E-state index contributed by atoms with van der Waals surface area (Å²) in [5, 5.41) is 21.4. The maximum absolute atomic E-state index is 13.4. The Hall–Kier alpha value is -4.75. The summed E-state index contributed by atoms with van der Waals surface area (Å²) in [7, 11) is 3.25. The molecule has 2 aliphatic heterocycles. The van der Waals surface area contributed by atoms with Gasteiger partial charge in [-0.2, -0.15) is 5.10 Å². The molecule has 2 aliphatic rings. The van der Waals surface area contributed by atoms with E-state index in [9.17, 15) is 19.5 Å². The van der Waals surface area contributed by atoms with Crippen LogP contribution in [0.2, 0.25) is 10.0 Å². The van der Waals surface area contributed by atoms with Crippen LogP contribution in [0.25, 0.3) is 39.0 Å². The molecule has 2 unspecified atom stereocenters. The van der Waals surface area contributed by atoms with Crippen molar-refractivity contribution in [1.82, 2.24) is 34.7 Å². The zero-order chi connectivity index (χ0) is 36.0. The van der Waals surface area contributed by atoms with Crippen LogP contribution in [0.1, 0.15) is 31.2 Å². The van der Waals surface area contributed by atoms with Crippen molar-refractivity contribution in [3.05, 3.63) is 92.6 Å². The Bertz CT molecular complexity index is 2240. The van der Waals surface area contributed by atoms with Crippen molar-refractivity contribution in [3.8, 4) is 39.4 Å². The molecule has 5 aromatic rings. The molecule has 51 heavy (non-hydrogen) atoms. The summed E-state index contributed by atoms with van der Waals surface area (Å²) in [4.78, 5) is 43.1. The number of rotatable bonds is 11. The molecule has 3 aromatic heterocycles. The monoisotopic (exact) mass is 729 g/mol. The first-order chi connectivity index (χ1) is 24.5. The molecule has 1 amide bonds. The Morgan fingerprint density at radius 2 is 1.76 bits per heavy atom. The number of likely N-dealkylation sites (tertiary alicyclic amines) is 1. The quantitative estimate of drug-likeness (QED) is 0.171. The highest BCUT2D eigenvalue weighted by molar-refractivity contribution is 6.39. The second-order valence-electron chi connectivity index (χ2n) is 13.1. The van der Waals surface area contributed by atoms with Gasteiger partial charge in [0.05, 0.1) is 35.3 Å². The lowest BCUT2D eigenvalue weighted by molar-refractivity contribution is -0.152. The third-order valence-electron chi connectivity index (χ3n) is 9.98. The Morgan fingerprint density at radius 3 is 2.43 bits per heavy atom. The number of nitrogens with zero attached hydrogens (tertiary/aromatic N) is 5. The topological polar surface area (TPSA) is 143 Å². The van der Waals surface area contributed by atoms with Crippen molar-refractivity contribution in [2.45, 2.75) is 44.9 Å². The number of aromatic nitrogens is 4. The van der Waals surface area contributed by atoms with Crippen molar-refractivity contribution in [2.75, 3.05) is 20.2 Å². The molecule has 3 N–H and O–H groups in total. The predicted octanol–water partition coefficient (Wildman–Crippen LogP) is 5.02. The molecule has 12 nitrogen and oxygen atoms in total. The van der Waals surface area contributed by atoms with Gasteiger partial charge in [0.2, 0.25) is 11.8 Å². The Balaban J connectivity index is 1.15. The minimum absolute atomic E-state index is 0.0857. The summed E-state index contributed by atoms with van der Waals surface area (Å²) >= 11 is 14.2. The minimum Gasteiger partial charge on any atom is -0.481 e. The summed E-state index contributed by atoms with van der Waals surface area (Å²) in [5.41, 5.74) is 5.25. The van der Waals surface area contributed by atoms with Gasteiger partial charge in [0.1, 0.15) is 11.3 Å². The molecule has 0 spiro atoms. The van der Waals surface area contributed by atoms with Gasteiger partial charge in [0, 0.05) is 84.8 Å². The van der Waals surface area contributed by atoms with Crippen LogP contribution in [-0.4, -0.2) is 73.3 Å². The van der Waals surface area contributed by atoms with Crippen LogP contribution >= 0.6 is 23.2 Å². The average Bonchev–Trinajstić information content (AvgIpc) is 3.74. The largest absolute Gasteiger partial charge is 0.481 e. The van der Waals surface area contributed by atoms with Crippen molar-refractivity contribution in [1.29, 1.82) is 0 Å². The molecule has 5 heterocycles. The van der Waals surface area contributed by atoms with Crippen LogP contribution in [0.5, 0.6) is 5.88 Å². The van der Waals surface area contributed by atoms with E-state index in [1.165, 1.54) is 4.57 Å². The fraction of sp³-hybridized carbons (Fsp3) is 0.324. The number of halogens is 2. The number of carbonyl (C=O) groups excluding carboxylic acids is 1. The molecule has 0 aliphatic carbocycles. The number of carboxylic acid groups (broad SMARTS) is 1. The van der Waals surface area contributed by atoms with Crippen molar-refractivity contribution in [3.63, 3.8) is 0 Å². The van der Waals surface area contributed by atoms with Crippen LogP contribution in [0.4, 0.5) is 0 Å². The van der Waals surface area contributed by atoms with E-state index in [1.807, 2.05) is 60.4 Å². The van der Waals surface area contributed by atoms with Gasteiger partial charge in [0.25, 0.3) is 5.56 Å². The Kier molecular flexibility index (Phi) is 9.60. The standard InChI is InChI=1S/C37H37Cl2N7O5/c1-20-28(37(49)50)18-45(20)19-31-43-46-17-22(14-30(46)36(48)44(31)2)24-6-4-7-25(33(24)38)26-8-5-9-27(34(26)39)29-12-10-21(35(42-29)51-3)15-40-16-23-11-13-32(47)41-23/h4-10,12,14,17,20,23,28,40H,11,13,15-16,18-19H2,1-3H3,(H,41,47)(H,49,50)/t20?,23-,28?/m0/s1. The maximum Gasteiger partial charge on any atom is 0.309 e. The van der Waals surface area contributed by atoms with E-state index < -0.39 is 11.9 Å². The lowest BCUT2D eigenvalue weighted by Gasteiger charge is -2.43. The second-order valence-corrected chi connectivity index (χ2v) is 13.8. The fourth-order valence-electron chi connectivity index (χ4n) is 6.87. The lowest BCUT2D eigenvalue weighted by atomic mass is 9.90. The number of hydrogen-bond donors (Lipinski definition) is 3. The van der Waals surface area contributed by atoms with Crippen LogP contribution in [0, 0.1) is 5.92 Å². The van der Waals surface area contributed by atoms with Gasteiger partial charge >= 0.3 is 5.97 Å². The van der Waals surface area contributed by atoms with Gasteiger partial charge in [-0.3, -0.25) is 23.9 Å². The molecule has 14 heteroatoms. The van der Waals surface area contributed by atoms with Gasteiger partial charge in [-0.1, -0.05) is 65.7 Å². The molecule has 7 rings (SSSR count). The summed E-state index contributed by atoms with van der Waals surface area (Å²) in [6.07, 6.45) is 3.15. The molecular formula is C37H37Cl2N7O5. The third-order valence-corrected chi connectivity index (χ3v) is 10.8. The summed E-state index contributed by atoms with van der Waals surface area (Å²) < 4.78 is 8.71. The fourth-order valence-corrected chi connectivity index (χ4v) is 7.53. The van der Waals surface area contributed by atoms with E-state index in [1.54, 1.807) is 30.9 Å². The summed E-state index contributed by atoms with van der Waals surface area (Å²) in [6.45, 7) is 3.82. The van der Waals surface area contributed by atoms with Gasteiger partial charge in [-0.05, 0) is 25.5 Å². The number of amides is 1. The number of hydrogen-bond acceptors (Lipinski definition) is 8. The van der Waals surface area contributed by atoms with E-state index in [-0.39, 0.29) is 23.6 Å². The molecule has 2 saturated heterocycles. The lowest BCUT2D eigenvalue weighted by Crippen LogP contribution is -2.57. The van der Waals surface area contributed by atoms with Crippen molar-refractivity contribution < 1.29 is 19.4 Å². The van der Waals surface area contributed by atoms with E-state index >= 15 is 0 Å². The maximum atomic E-state index is 13.4. The van der Waals surface area contributed by atoms with Crippen molar-refractivity contribution >= 4 is 40.6 Å². The molecule has 2 aromatic carbocycles. The number of methoxy groups -OCH3 is 1. The Morgan fingerprint density at radius 1 is 1.06 bits per heavy atom. The highest BCUT2D eigenvalue weighted by Crippen LogP contribution is 2.42. The summed E-state index contributed by atoms with van der Waals surface area (Å²) in [5.74, 6) is -0.157. The normalized spacial score (nSPS) is 18.9. The number of carbonyl (C=O) groups is 2. The average molecular weight is 731 g/mol. The molecule has 0 saturated carbocycles. The number of carboxylic acids is 1. The number of pyridine rings is 1. The first-order valence-electron chi connectivity index (χ1n) is 16.7. The van der Waals surface area contributed by atoms with Crippen LogP contribution in [-0.2, 0) is 29.7 Å². The second kappa shape index (κ2) is 14.1. The van der Waals surface area contributed by atoms with Crippen LogP contribution in [0.3, 0.4) is 0 Å². The van der Waals surface area contributed by atoms with E-state index in [2.05, 4.69) is 10.6 Å². The van der Waals surface area contributed by atoms with Crippen LogP contribution < -0.4 is 20.9 Å². The Labute approximate surface area is 304 Å². The molecular weight excluding hydrogens is 693 g/mol. The number of nitrogens with one attached hydrogen (secondary N) is 2. The third kappa shape index (κ3) is 6.60. The summed E-state index contributed by atoms with van der Waals surface area (Å²) in [6, 6.07) is 17.0. The zero-order valence-electron chi connectivity index (χ0n) is 28.3. The van der Waals surface area contributed by atoms with Gasteiger partial charge in [0.15, 0.2) is 0 Å².